The highest BCUT2D eigenvalue weighted by Crippen LogP contribution is 2.36. The number of rotatable bonds is 6. The predicted octanol–water partition coefficient (Wildman–Crippen LogP) is 3.50. The Labute approximate surface area is 202 Å². The Hall–Kier alpha value is -3.43. The largest absolute Gasteiger partial charge is 0.497 e. The van der Waals surface area contributed by atoms with Gasteiger partial charge < -0.3 is 33.5 Å². The Morgan fingerprint density at radius 3 is 2.23 bits per heavy atom. The molecule has 0 radical (unpaired) electrons. The SMILES string of the molecule is COc1ccc(O[C@@H]2O[C@@H]3CO[C@H](c4ccccc4)O[C@@H]3[C@H](O)[C@H]2OC(=O)c2ccccc2)cc1. The molecule has 0 saturated carbocycles. The molecule has 0 aliphatic carbocycles. The minimum absolute atomic E-state index is 0.170. The topological polar surface area (TPSA) is 92.7 Å². The van der Waals surface area contributed by atoms with Crippen molar-refractivity contribution in [2.24, 2.45) is 0 Å². The zero-order chi connectivity index (χ0) is 24.2. The summed E-state index contributed by atoms with van der Waals surface area (Å²) in [4.78, 5) is 12.9. The third-order valence-electron chi connectivity index (χ3n) is 5.95. The number of benzene rings is 3. The quantitative estimate of drug-likeness (QED) is 0.539. The molecule has 2 aliphatic rings. The lowest BCUT2D eigenvalue weighted by atomic mass is 9.97. The van der Waals surface area contributed by atoms with Crippen molar-refractivity contribution in [1.82, 2.24) is 0 Å². The minimum Gasteiger partial charge on any atom is -0.497 e. The number of hydrogen-bond acceptors (Lipinski definition) is 8. The highest BCUT2D eigenvalue weighted by molar-refractivity contribution is 5.89. The maximum atomic E-state index is 12.9. The van der Waals surface area contributed by atoms with Crippen molar-refractivity contribution in [1.29, 1.82) is 0 Å². The van der Waals surface area contributed by atoms with Crippen molar-refractivity contribution in [3.63, 3.8) is 0 Å². The summed E-state index contributed by atoms with van der Waals surface area (Å²) in [6, 6.07) is 24.8. The fourth-order valence-electron chi connectivity index (χ4n) is 4.12. The van der Waals surface area contributed by atoms with Crippen LogP contribution in [0.25, 0.3) is 0 Å². The first-order valence-electron chi connectivity index (χ1n) is 11.3. The molecule has 2 heterocycles. The Bertz CT molecular complexity index is 1110. The molecular weight excluding hydrogens is 452 g/mol. The maximum Gasteiger partial charge on any atom is 0.338 e. The summed E-state index contributed by atoms with van der Waals surface area (Å²) in [7, 11) is 1.57. The number of hydrogen-bond donors (Lipinski definition) is 1. The lowest BCUT2D eigenvalue weighted by Gasteiger charge is -2.47. The smallest absolute Gasteiger partial charge is 0.338 e. The van der Waals surface area contributed by atoms with Gasteiger partial charge in [0.1, 0.15) is 29.8 Å². The number of ether oxygens (including phenoxy) is 6. The highest BCUT2D eigenvalue weighted by Gasteiger charge is 2.52. The van der Waals surface area contributed by atoms with Gasteiger partial charge in [0.05, 0.1) is 19.3 Å². The number of carbonyl (C=O) groups is 1. The van der Waals surface area contributed by atoms with E-state index in [1.54, 1.807) is 61.7 Å². The number of aliphatic hydroxyl groups excluding tert-OH is 1. The summed E-state index contributed by atoms with van der Waals surface area (Å²) in [5.74, 6) is 0.517. The molecule has 2 saturated heterocycles. The van der Waals surface area contributed by atoms with E-state index < -0.39 is 43.0 Å². The molecule has 6 atom stereocenters. The fourth-order valence-corrected chi connectivity index (χ4v) is 4.12. The van der Waals surface area contributed by atoms with Crippen LogP contribution in [-0.2, 0) is 18.9 Å². The molecule has 5 rings (SSSR count). The van der Waals surface area contributed by atoms with E-state index in [9.17, 15) is 9.90 Å². The van der Waals surface area contributed by atoms with Gasteiger partial charge in [0.25, 0.3) is 0 Å². The standard InChI is InChI=1S/C27H26O8/c1-30-19-12-14-20(15-13-19)32-27-24(34-25(29)17-8-4-2-5-9-17)22(28)23-21(33-27)16-31-26(35-23)18-10-6-3-7-11-18/h2-15,21-24,26-28H,16H2,1H3/t21-,22+,23+,24-,26+,27-/m1/s1. The van der Waals surface area contributed by atoms with Gasteiger partial charge in [-0.15, -0.1) is 0 Å². The van der Waals surface area contributed by atoms with Crippen molar-refractivity contribution in [3.8, 4) is 11.5 Å². The van der Waals surface area contributed by atoms with Gasteiger partial charge in [-0.2, -0.15) is 0 Å². The van der Waals surface area contributed by atoms with Gasteiger partial charge in [0, 0.05) is 5.56 Å². The Morgan fingerprint density at radius 2 is 1.54 bits per heavy atom. The zero-order valence-corrected chi connectivity index (χ0v) is 19.1. The molecule has 8 nitrogen and oxygen atoms in total. The summed E-state index contributed by atoms with van der Waals surface area (Å²) in [5.41, 5.74) is 1.16. The molecule has 0 bridgehead atoms. The van der Waals surface area contributed by atoms with E-state index >= 15 is 0 Å². The Kier molecular flexibility index (Phi) is 6.96. The molecule has 2 fully saturated rings. The van der Waals surface area contributed by atoms with Gasteiger partial charge >= 0.3 is 5.97 Å². The van der Waals surface area contributed by atoms with Gasteiger partial charge in [-0.3, -0.25) is 0 Å². The highest BCUT2D eigenvalue weighted by atomic mass is 16.8. The van der Waals surface area contributed by atoms with Crippen molar-refractivity contribution < 1.29 is 38.3 Å². The summed E-state index contributed by atoms with van der Waals surface area (Å²) < 4.78 is 35.0. The number of fused-ring (bicyclic) bond motifs is 1. The second-order valence-electron chi connectivity index (χ2n) is 8.24. The molecule has 1 N–H and O–H groups in total. The van der Waals surface area contributed by atoms with Crippen LogP contribution in [0.1, 0.15) is 22.2 Å². The zero-order valence-electron chi connectivity index (χ0n) is 19.1. The second-order valence-corrected chi connectivity index (χ2v) is 8.24. The van der Waals surface area contributed by atoms with Gasteiger partial charge in [0.2, 0.25) is 6.29 Å². The van der Waals surface area contributed by atoms with Gasteiger partial charge in [-0.25, -0.2) is 4.79 Å². The predicted molar refractivity (Wildman–Crippen MR) is 124 cm³/mol. The average Bonchev–Trinajstić information content (AvgIpc) is 2.92. The van der Waals surface area contributed by atoms with E-state index in [1.807, 2.05) is 30.3 Å². The first kappa shape index (κ1) is 23.3. The first-order valence-corrected chi connectivity index (χ1v) is 11.3. The van der Waals surface area contributed by atoms with E-state index in [2.05, 4.69) is 0 Å². The van der Waals surface area contributed by atoms with E-state index in [0.29, 0.717) is 17.1 Å². The Balaban J connectivity index is 1.38. The molecule has 3 aromatic rings. The van der Waals surface area contributed by atoms with Crippen molar-refractivity contribution in [2.45, 2.75) is 37.0 Å². The van der Waals surface area contributed by atoms with Crippen molar-refractivity contribution in [2.75, 3.05) is 13.7 Å². The normalized spacial score (nSPS) is 27.9. The van der Waals surface area contributed by atoms with Crippen LogP contribution >= 0.6 is 0 Å². The lowest BCUT2D eigenvalue weighted by Crippen LogP contribution is -2.64. The van der Waals surface area contributed by atoms with Crippen LogP contribution in [0, 0.1) is 0 Å². The number of carbonyl (C=O) groups excluding carboxylic acids is 1. The van der Waals surface area contributed by atoms with Crippen LogP contribution in [0.3, 0.4) is 0 Å². The molecule has 3 aromatic carbocycles. The number of aliphatic hydroxyl groups is 1. The van der Waals surface area contributed by atoms with E-state index in [1.165, 1.54) is 0 Å². The first-order chi connectivity index (χ1) is 17.1. The summed E-state index contributed by atoms with van der Waals surface area (Å²) in [6.45, 7) is 0.170. The van der Waals surface area contributed by atoms with Crippen molar-refractivity contribution in [3.05, 3.63) is 96.1 Å². The van der Waals surface area contributed by atoms with Gasteiger partial charge in [0.15, 0.2) is 12.4 Å². The molecule has 8 heteroatoms. The number of esters is 1. The summed E-state index contributed by atoms with van der Waals surface area (Å²) in [6.07, 6.45) is -5.56. The van der Waals surface area contributed by atoms with Crippen LogP contribution in [0.15, 0.2) is 84.9 Å². The molecular formula is C27H26O8. The molecule has 0 unspecified atom stereocenters. The van der Waals surface area contributed by atoms with Gasteiger partial charge in [-0.1, -0.05) is 48.5 Å². The van der Waals surface area contributed by atoms with E-state index in [-0.39, 0.29) is 6.61 Å². The minimum atomic E-state index is -1.22. The monoisotopic (exact) mass is 478 g/mol. The number of methoxy groups -OCH3 is 1. The summed E-state index contributed by atoms with van der Waals surface area (Å²) >= 11 is 0. The lowest BCUT2D eigenvalue weighted by molar-refractivity contribution is -0.349. The van der Waals surface area contributed by atoms with Crippen LogP contribution in [0.5, 0.6) is 11.5 Å². The Morgan fingerprint density at radius 1 is 0.886 bits per heavy atom. The molecule has 0 aromatic heterocycles. The summed E-state index contributed by atoms with van der Waals surface area (Å²) in [5, 5.41) is 11.3. The van der Waals surface area contributed by atoms with E-state index in [0.717, 1.165) is 5.56 Å². The fraction of sp³-hybridized carbons (Fsp3) is 0.296. The third-order valence-corrected chi connectivity index (χ3v) is 5.95. The molecule has 0 spiro atoms. The van der Waals surface area contributed by atoms with Crippen LogP contribution in [0.4, 0.5) is 0 Å². The van der Waals surface area contributed by atoms with Crippen LogP contribution in [-0.4, -0.2) is 55.5 Å². The van der Waals surface area contributed by atoms with Crippen LogP contribution in [0.2, 0.25) is 0 Å². The van der Waals surface area contributed by atoms with E-state index in [4.69, 9.17) is 28.4 Å². The third kappa shape index (κ3) is 5.16. The maximum absolute atomic E-state index is 12.9. The molecule has 2 aliphatic heterocycles. The van der Waals surface area contributed by atoms with Crippen LogP contribution < -0.4 is 9.47 Å². The van der Waals surface area contributed by atoms with Crippen molar-refractivity contribution >= 4 is 5.97 Å². The molecule has 35 heavy (non-hydrogen) atoms. The van der Waals surface area contributed by atoms with Gasteiger partial charge in [-0.05, 0) is 36.4 Å². The molecule has 0 amide bonds. The molecule has 182 valence electrons. The second kappa shape index (κ2) is 10.5. The average molecular weight is 478 g/mol.